The Hall–Kier alpha value is -1.22. The zero-order valence-corrected chi connectivity index (χ0v) is 13.4. The number of rotatable bonds is 5. The Morgan fingerprint density at radius 2 is 2.19 bits per heavy atom. The summed E-state index contributed by atoms with van der Waals surface area (Å²) < 4.78 is 7.73. The Morgan fingerprint density at radius 1 is 1.43 bits per heavy atom. The molecule has 0 N–H and O–H groups in total. The zero-order valence-electron chi connectivity index (χ0n) is 12.6. The highest BCUT2D eigenvalue weighted by Gasteiger charge is 2.54. The summed E-state index contributed by atoms with van der Waals surface area (Å²) in [7, 11) is 1.71. The minimum absolute atomic E-state index is 0.0709. The Balaban J connectivity index is 1.81. The molecule has 112 valence electrons. The first-order valence-electron chi connectivity index (χ1n) is 7.81. The van der Waals surface area contributed by atoms with Crippen molar-refractivity contribution in [3.05, 3.63) is 24.0 Å². The highest BCUT2D eigenvalue weighted by Crippen LogP contribution is 2.62. The van der Waals surface area contributed by atoms with Crippen LogP contribution in [0.25, 0.3) is 11.0 Å². The summed E-state index contributed by atoms with van der Waals surface area (Å²) in [6.07, 6.45) is 5.53. The van der Waals surface area contributed by atoms with E-state index in [9.17, 15) is 0 Å². The van der Waals surface area contributed by atoms with E-state index in [4.69, 9.17) is 21.3 Å². The van der Waals surface area contributed by atoms with Crippen LogP contribution in [0.1, 0.15) is 43.8 Å². The minimum Gasteiger partial charge on any atom is -0.497 e. The molecule has 1 atom stereocenters. The van der Waals surface area contributed by atoms with Crippen LogP contribution in [0.15, 0.2) is 18.2 Å². The second-order valence-corrected chi connectivity index (χ2v) is 7.32. The van der Waals surface area contributed by atoms with Gasteiger partial charge in [-0.1, -0.05) is 0 Å². The maximum absolute atomic E-state index is 6.38. The van der Waals surface area contributed by atoms with Crippen LogP contribution in [0.4, 0.5) is 0 Å². The van der Waals surface area contributed by atoms with Crippen molar-refractivity contribution in [2.75, 3.05) is 7.11 Å². The van der Waals surface area contributed by atoms with Crippen molar-refractivity contribution in [1.82, 2.24) is 9.55 Å². The van der Waals surface area contributed by atoms with Gasteiger partial charge in [-0.2, -0.15) is 0 Å². The molecule has 1 unspecified atom stereocenters. The Labute approximate surface area is 130 Å². The number of hydrogen-bond acceptors (Lipinski definition) is 2. The first-order valence-corrected chi connectivity index (χ1v) is 8.25. The Bertz CT molecular complexity index is 683. The van der Waals surface area contributed by atoms with E-state index in [1.54, 1.807) is 7.11 Å². The molecular weight excluding hydrogens is 284 g/mol. The number of fused-ring (bicyclic) bond motifs is 1. The molecule has 2 saturated carbocycles. The topological polar surface area (TPSA) is 27.1 Å². The molecule has 1 heterocycles. The van der Waals surface area contributed by atoms with Gasteiger partial charge in [-0.25, -0.2) is 4.98 Å². The molecule has 0 bridgehead atoms. The second kappa shape index (κ2) is 4.64. The predicted molar refractivity (Wildman–Crippen MR) is 84.9 cm³/mol. The summed E-state index contributed by atoms with van der Waals surface area (Å²) in [5.74, 6) is 2.81. The van der Waals surface area contributed by atoms with E-state index in [-0.39, 0.29) is 5.38 Å². The molecule has 4 rings (SSSR count). The molecule has 2 aliphatic rings. The summed E-state index contributed by atoms with van der Waals surface area (Å²) in [4.78, 5) is 4.75. The predicted octanol–water partition coefficient (Wildman–Crippen LogP) is 4.53. The van der Waals surface area contributed by atoms with Crippen LogP contribution in [0.5, 0.6) is 5.75 Å². The van der Waals surface area contributed by atoms with Crippen LogP contribution in [0.2, 0.25) is 0 Å². The first kappa shape index (κ1) is 13.4. The van der Waals surface area contributed by atoms with Crippen molar-refractivity contribution in [3.8, 4) is 5.75 Å². The van der Waals surface area contributed by atoms with Gasteiger partial charge in [-0.05, 0) is 56.1 Å². The average Bonchev–Trinajstić information content (AvgIpc) is 3.36. The van der Waals surface area contributed by atoms with Gasteiger partial charge in [-0.3, -0.25) is 0 Å². The largest absolute Gasteiger partial charge is 0.497 e. The van der Waals surface area contributed by atoms with E-state index in [2.05, 4.69) is 10.6 Å². The van der Waals surface area contributed by atoms with Gasteiger partial charge in [0.1, 0.15) is 11.6 Å². The molecular formula is C17H21ClN2O. The van der Waals surface area contributed by atoms with E-state index < -0.39 is 0 Å². The van der Waals surface area contributed by atoms with Crippen molar-refractivity contribution in [3.63, 3.8) is 0 Å². The molecule has 1 aromatic heterocycles. The van der Waals surface area contributed by atoms with Crippen LogP contribution in [-0.4, -0.2) is 16.7 Å². The van der Waals surface area contributed by atoms with Gasteiger partial charge in [0, 0.05) is 12.6 Å². The maximum Gasteiger partial charge on any atom is 0.127 e. The molecule has 3 nitrogen and oxygen atoms in total. The lowest BCUT2D eigenvalue weighted by Crippen LogP contribution is -2.16. The molecule has 0 saturated heterocycles. The molecule has 0 spiro atoms. The fourth-order valence-electron chi connectivity index (χ4n) is 3.58. The third-order valence-electron chi connectivity index (χ3n) is 5.15. The maximum atomic E-state index is 6.38. The van der Waals surface area contributed by atoms with Crippen LogP contribution >= 0.6 is 11.6 Å². The fraction of sp³-hybridized carbons (Fsp3) is 0.588. The van der Waals surface area contributed by atoms with Crippen molar-refractivity contribution in [2.24, 2.45) is 11.3 Å². The normalized spacial score (nSPS) is 21.5. The van der Waals surface area contributed by atoms with E-state index in [0.29, 0.717) is 5.41 Å². The molecule has 1 aromatic carbocycles. The van der Waals surface area contributed by atoms with E-state index >= 15 is 0 Å². The first-order chi connectivity index (χ1) is 10.1. The number of nitrogens with zero attached hydrogens (tertiary/aromatic N) is 2. The third kappa shape index (κ3) is 2.22. The highest BCUT2D eigenvalue weighted by atomic mass is 35.5. The van der Waals surface area contributed by atoms with Crippen molar-refractivity contribution in [2.45, 2.75) is 44.5 Å². The van der Waals surface area contributed by atoms with Crippen molar-refractivity contribution >= 4 is 22.6 Å². The SMILES string of the molecule is COc1ccc2nc(C(C)Cl)n(CC3(C4CC4)CC3)c2c1. The van der Waals surface area contributed by atoms with Gasteiger partial charge >= 0.3 is 0 Å². The van der Waals surface area contributed by atoms with Gasteiger partial charge in [0.25, 0.3) is 0 Å². The number of benzene rings is 1. The smallest absolute Gasteiger partial charge is 0.127 e. The van der Waals surface area contributed by atoms with Gasteiger partial charge in [0.2, 0.25) is 0 Å². The van der Waals surface area contributed by atoms with Crippen molar-refractivity contribution in [1.29, 1.82) is 0 Å². The summed E-state index contributed by atoms with van der Waals surface area (Å²) in [6.45, 7) is 3.07. The van der Waals surface area contributed by atoms with Gasteiger partial charge in [0.15, 0.2) is 0 Å². The van der Waals surface area contributed by atoms with Gasteiger partial charge in [0.05, 0.1) is 23.5 Å². The zero-order chi connectivity index (χ0) is 14.6. The summed E-state index contributed by atoms with van der Waals surface area (Å²) >= 11 is 6.38. The Kier molecular flexibility index (Phi) is 2.97. The molecule has 4 heteroatoms. The summed E-state index contributed by atoms with van der Waals surface area (Å²) in [5.41, 5.74) is 2.70. The molecule has 0 aliphatic heterocycles. The number of halogens is 1. The number of hydrogen-bond donors (Lipinski definition) is 0. The quantitative estimate of drug-likeness (QED) is 0.759. The highest BCUT2D eigenvalue weighted by molar-refractivity contribution is 6.20. The monoisotopic (exact) mass is 304 g/mol. The van der Waals surface area contributed by atoms with E-state index in [0.717, 1.165) is 35.1 Å². The van der Waals surface area contributed by atoms with E-state index in [1.807, 2.05) is 19.1 Å². The number of ether oxygens (including phenoxy) is 1. The lowest BCUT2D eigenvalue weighted by atomic mass is 10.0. The molecule has 2 fully saturated rings. The molecule has 2 aromatic rings. The molecule has 0 amide bonds. The molecule has 2 aliphatic carbocycles. The number of imidazole rings is 1. The lowest BCUT2D eigenvalue weighted by molar-refractivity contribution is 0.368. The van der Waals surface area contributed by atoms with Gasteiger partial charge < -0.3 is 9.30 Å². The van der Waals surface area contributed by atoms with Crippen LogP contribution < -0.4 is 4.74 Å². The number of methoxy groups -OCH3 is 1. The molecule has 21 heavy (non-hydrogen) atoms. The fourth-order valence-corrected chi connectivity index (χ4v) is 3.75. The summed E-state index contributed by atoms with van der Waals surface area (Å²) in [6, 6.07) is 6.09. The molecule has 0 radical (unpaired) electrons. The van der Waals surface area contributed by atoms with Crippen LogP contribution in [0, 0.1) is 11.3 Å². The Morgan fingerprint density at radius 3 is 2.76 bits per heavy atom. The van der Waals surface area contributed by atoms with Crippen LogP contribution in [-0.2, 0) is 6.54 Å². The van der Waals surface area contributed by atoms with E-state index in [1.165, 1.54) is 25.7 Å². The average molecular weight is 305 g/mol. The van der Waals surface area contributed by atoms with Crippen LogP contribution in [0.3, 0.4) is 0 Å². The number of alkyl halides is 1. The van der Waals surface area contributed by atoms with Gasteiger partial charge in [-0.15, -0.1) is 11.6 Å². The van der Waals surface area contributed by atoms with Crippen molar-refractivity contribution < 1.29 is 4.74 Å². The third-order valence-corrected chi connectivity index (χ3v) is 5.34. The standard InChI is InChI=1S/C17H21ClN2O/c1-11(18)16-19-14-6-5-13(21-2)9-15(14)20(16)10-17(7-8-17)12-3-4-12/h5-6,9,11-12H,3-4,7-8,10H2,1-2H3. The minimum atomic E-state index is -0.0709. The summed E-state index contributed by atoms with van der Waals surface area (Å²) in [5, 5.41) is -0.0709. The second-order valence-electron chi connectivity index (χ2n) is 6.66. The lowest BCUT2D eigenvalue weighted by Gasteiger charge is -2.18. The number of aromatic nitrogens is 2.